The highest BCUT2D eigenvalue weighted by atomic mass is 79.9. The number of hydrogen-bond donors (Lipinski definition) is 0. The van der Waals surface area contributed by atoms with Gasteiger partial charge in [0.2, 0.25) is 0 Å². The summed E-state index contributed by atoms with van der Waals surface area (Å²) in [5.41, 5.74) is -0.765. The average Bonchev–Trinajstić information content (AvgIpc) is 2.41. The van der Waals surface area contributed by atoms with Crippen molar-refractivity contribution in [3.05, 3.63) is 70.5 Å². The molecule has 2 rings (SSSR count). The Balaban J connectivity index is 2.36. The van der Waals surface area contributed by atoms with Crippen LogP contribution in [-0.2, 0) is 6.18 Å². The lowest BCUT2D eigenvalue weighted by Crippen LogP contribution is -2.05. The molecule has 0 nitrogen and oxygen atoms in total. The molecule has 0 aliphatic rings. The lowest BCUT2D eigenvalue weighted by molar-refractivity contribution is -0.137. The van der Waals surface area contributed by atoms with Crippen molar-refractivity contribution in [1.29, 1.82) is 0 Å². The molecule has 0 saturated heterocycles. The number of halogens is 7. The molecule has 7 heteroatoms. The molecule has 2 aromatic rings. The van der Waals surface area contributed by atoms with Crippen molar-refractivity contribution in [3.63, 3.8) is 0 Å². The van der Waals surface area contributed by atoms with Crippen molar-refractivity contribution < 1.29 is 26.3 Å². The van der Waals surface area contributed by atoms with Gasteiger partial charge in [0.1, 0.15) is 5.82 Å². The first-order valence-corrected chi connectivity index (χ1v) is 6.57. The topological polar surface area (TPSA) is 0 Å². The zero-order chi connectivity index (χ0) is 15.8. The normalized spacial score (nSPS) is 13.3. The summed E-state index contributed by atoms with van der Waals surface area (Å²) in [6, 6.07) is 5.01. The van der Waals surface area contributed by atoms with Gasteiger partial charge in [-0.25, -0.2) is 13.2 Å². The van der Waals surface area contributed by atoms with Gasteiger partial charge in [-0.15, -0.1) is 0 Å². The van der Waals surface area contributed by atoms with Crippen LogP contribution >= 0.6 is 15.9 Å². The van der Waals surface area contributed by atoms with E-state index in [1.165, 1.54) is 0 Å². The van der Waals surface area contributed by atoms with Crippen LogP contribution in [0.15, 0.2) is 36.4 Å². The minimum atomic E-state index is -4.48. The van der Waals surface area contributed by atoms with Crippen LogP contribution in [0.1, 0.15) is 21.5 Å². The van der Waals surface area contributed by atoms with Crippen molar-refractivity contribution in [2.75, 3.05) is 0 Å². The van der Waals surface area contributed by atoms with Gasteiger partial charge in [-0.3, -0.25) is 0 Å². The van der Waals surface area contributed by atoms with Crippen LogP contribution in [0.5, 0.6) is 0 Å². The van der Waals surface area contributed by atoms with Crippen molar-refractivity contribution in [2.45, 2.75) is 11.0 Å². The van der Waals surface area contributed by atoms with E-state index in [-0.39, 0.29) is 11.1 Å². The molecular weight excluding hydrogens is 362 g/mol. The van der Waals surface area contributed by atoms with E-state index in [1.54, 1.807) is 0 Å². The van der Waals surface area contributed by atoms with Gasteiger partial charge < -0.3 is 0 Å². The molecule has 0 saturated carbocycles. The SMILES string of the molecule is Fc1cc(F)c(C(Br)c2ccc(C(F)(F)F)cc2)cc1F. The van der Waals surface area contributed by atoms with Crippen LogP contribution in [0.2, 0.25) is 0 Å². The van der Waals surface area contributed by atoms with Gasteiger partial charge in [0.25, 0.3) is 0 Å². The summed E-state index contributed by atoms with van der Waals surface area (Å²) in [4.78, 5) is -0.894. The fourth-order valence-corrected chi connectivity index (χ4v) is 2.41. The van der Waals surface area contributed by atoms with Crippen molar-refractivity contribution in [1.82, 2.24) is 0 Å². The lowest BCUT2D eigenvalue weighted by atomic mass is 10.0. The third-order valence-corrected chi connectivity index (χ3v) is 3.87. The van der Waals surface area contributed by atoms with Gasteiger partial charge >= 0.3 is 6.18 Å². The van der Waals surface area contributed by atoms with E-state index in [0.717, 1.165) is 24.3 Å². The van der Waals surface area contributed by atoms with Gasteiger partial charge in [0, 0.05) is 11.6 Å². The maximum Gasteiger partial charge on any atom is 0.416 e. The van der Waals surface area contributed by atoms with Crippen LogP contribution in [-0.4, -0.2) is 0 Å². The average molecular weight is 369 g/mol. The van der Waals surface area contributed by atoms with E-state index in [9.17, 15) is 26.3 Å². The van der Waals surface area contributed by atoms with E-state index in [0.29, 0.717) is 12.1 Å². The van der Waals surface area contributed by atoms with Gasteiger partial charge in [-0.2, -0.15) is 13.2 Å². The molecule has 0 N–H and O–H groups in total. The van der Waals surface area contributed by atoms with Gasteiger partial charge in [0.05, 0.1) is 10.4 Å². The number of benzene rings is 2. The zero-order valence-corrected chi connectivity index (χ0v) is 11.8. The highest BCUT2D eigenvalue weighted by molar-refractivity contribution is 9.09. The van der Waals surface area contributed by atoms with E-state index in [4.69, 9.17) is 0 Å². The van der Waals surface area contributed by atoms with Gasteiger partial charge in [-0.1, -0.05) is 28.1 Å². The first kappa shape index (κ1) is 15.9. The highest BCUT2D eigenvalue weighted by Gasteiger charge is 2.30. The lowest BCUT2D eigenvalue weighted by Gasteiger charge is -2.13. The minimum absolute atomic E-state index is 0.200. The Hall–Kier alpha value is -1.50. The zero-order valence-electron chi connectivity index (χ0n) is 10.2. The smallest absolute Gasteiger partial charge is 0.207 e. The molecule has 112 valence electrons. The second kappa shape index (κ2) is 5.71. The summed E-state index contributed by atoms with van der Waals surface area (Å²) in [5, 5.41) is 0. The van der Waals surface area contributed by atoms with Crippen molar-refractivity contribution in [3.8, 4) is 0 Å². The Morgan fingerprint density at radius 3 is 1.86 bits per heavy atom. The third-order valence-electron chi connectivity index (χ3n) is 2.84. The summed E-state index contributed by atoms with van der Waals surface area (Å²) in [5.74, 6) is -3.55. The highest BCUT2D eigenvalue weighted by Crippen LogP contribution is 2.35. The Morgan fingerprint density at radius 2 is 1.33 bits per heavy atom. The number of alkyl halides is 4. The van der Waals surface area contributed by atoms with Gasteiger partial charge in [-0.05, 0) is 23.8 Å². The van der Waals surface area contributed by atoms with E-state index < -0.39 is 34.0 Å². The molecule has 2 aromatic carbocycles. The fourth-order valence-electron chi connectivity index (χ4n) is 1.75. The Bertz CT molecular complexity index is 648. The summed E-state index contributed by atoms with van der Waals surface area (Å²) in [6.07, 6.45) is -4.48. The molecule has 0 heterocycles. The molecular formula is C14H7BrF6. The molecule has 0 aliphatic carbocycles. The Morgan fingerprint density at radius 1 is 0.810 bits per heavy atom. The molecule has 0 radical (unpaired) electrons. The van der Waals surface area contributed by atoms with Crippen molar-refractivity contribution >= 4 is 15.9 Å². The summed E-state index contributed by atoms with van der Waals surface area (Å²) in [7, 11) is 0. The van der Waals surface area contributed by atoms with E-state index >= 15 is 0 Å². The van der Waals surface area contributed by atoms with Crippen molar-refractivity contribution in [2.24, 2.45) is 0 Å². The number of hydrogen-bond acceptors (Lipinski definition) is 0. The predicted octanol–water partition coefficient (Wildman–Crippen LogP) is 5.61. The molecule has 0 aliphatic heterocycles. The minimum Gasteiger partial charge on any atom is -0.207 e. The Labute approximate surface area is 124 Å². The molecule has 1 atom stereocenters. The first-order valence-electron chi connectivity index (χ1n) is 5.66. The first-order chi connectivity index (χ1) is 9.70. The second-order valence-electron chi connectivity index (χ2n) is 4.27. The molecule has 1 unspecified atom stereocenters. The third kappa shape index (κ3) is 3.40. The fraction of sp³-hybridized carbons (Fsp3) is 0.143. The molecule has 21 heavy (non-hydrogen) atoms. The maximum atomic E-state index is 13.6. The van der Waals surface area contributed by atoms with Crippen LogP contribution in [0.4, 0.5) is 26.3 Å². The van der Waals surface area contributed by atoms with E-state index in [2.05, 4.69) is 15.9 Å². The maximum absolute atomic E-state index is 13.6. The molecule has 0 amide bonds. The molecule has 0 aromatic heterocycles. The standard InChI is InChI=1S/C14H7BrF6/c15-13(9-5-11(17)12(18)6-10(9)16)7-1-3-8(4-2-7)14(19,20)21/h1-6,13H. The largest absolute Gasteiger partial charge is 0.416 e. The van der Waals surface area contributed by atoms with Crippen LogP contribution in [0.3, 0.4) is 0 Å². The van der Waals surface area contributed by atoms with Crippen LogP contribution < -0.4 is 0 Å². The summed E-state index contributed by atoms with van der Waals surface area (Å²) < 4.78 is 76.9. The second-order valence-corrected chi connectivity index (χ2v) is 5.19. The Kier molecular flexibility index (Phi) is 4.32. The molecule has 0 bridgehead atoms. The van der Waals surface area contributed by atoms with Crippen LogP contribution in [0, 0.1) is 17.5 Å². The molecule has 0 fully saturated rings. The predicted molar refractivity (Wildman–Crippen MR) is 68.5 cm³/mol. The van der Waals surface area contributed by atoms with Crippen LogP contribution in [0.25, 0.3) is 0 Å². The molecule has 0 spiro atoms. The quantitative estimate of drug-likeness (QED) is 0.367. The monoisotopic (exact) mass is 368 g/mol. The summed E-state index contributed by atoms with van der Waals surface area (Å²) >= 11 is 3.07. The van der Waals surface area contributed by atoms with E-state index in [1.807, 2.05) is 0 Å². The number of rotatable bonds is 2. The summed E-state index contributed by atoms with van der Waals surface area (Å²) in [6.45, 7) is 0. The van der Waals surface area contributed by atoms with Gasteiger partial charge in [0.15, 0.2) is 11.6 Å².